The third kappa shape index (κ3) is 4.51. The van der Waals surface area contributed by atoms with Crippen molar-refractivity contribution in [3.05, 3.63) is 60.0 Å². The van der Waals surface area contributed by atoms with Crippen molar-refractivity contribution in [3.63, 3.8) is 0 Å². The Morgan fingerprint density at radius 2 is 1.74 bits per heavy atom. The largest absolute Gasteiger partial charge is 0.366 e. The van der Waals surface area contributed by atoms with Crippen molar-refractivity contribution in [2.24, 2.45) is 0 Å². The number of piperazine rings is 1. The molecule has 0 amide bonds. The van der Waals surface area contributed by atoms with E-state index >= 15 is 0 Å². The van der Waals surface area contributed by atoms with E-state index in [2.05, 4.69) is 44.1 Å². The Morgan fingerprint density at radius 1 is 0.935 bits per heavy atom. The van der Waals surface area contributed by atoms with Crippen LogP contribution in [0.25, 0.3) is 11.5 Å². The molecule has 0 radical (unpaired) electrons. The smallest absolute Gasteiger partial charge is 0.180 e. The summed E-state index contributed by atoms with van der Waals surface area (Å²) in [4.78, 5) is 23.5. The maximum atomic E-state index is 4.88. The van der Waals surface area contributed by atoms with Crippen LogP contribution in [0.1, 0.15) is 24.6 Å². The third-order valence-electron chi connectivity index (χ3n) is 6.09. The van der Waals surface area contributed by atoms with Crippen molar-refractivity contribution in [1.82, 2.24) is 24.8 Å². The molecular formula is C24H29N7. The van der Waals surface area contributed by atoms with Gasteiger partial charge >= 0.3 is 0 Å². The van der Waals surface area contributed by atoms with Gasteiger partial charge < -0.3 is 10.2 Å². The van der Waals surface area contributed by atoms with Crippen LogP contribution in [-0.2, 0) is 12.8 Å². The number of hydrogen-bond acceptors (Lipinski definition) is 7. The minimum atomic E-state index is 0.303. The number of fused-ring (bicyclic) bond motifs is 1. The summed E-state index contributed by atoms with van der Waals surface area (Å²) in [6.07, 6.45) is 6.89. The molecule has 7 heteroatoms. The molecule has 1 aliphatic heterocycles. The second-order valence-corrected chi connectivity index (χ2v) is 8.41. The highest BCUT2D eigenvalue weighted by atomic mass is 15.3. The summed E-state index contributed by atoms with van der Waals surface area (Å²) in [5.74, 6) is 2.79. The lowest BCUT2D eigenvalue weighted by Gasteiger charge is -2.36. The van der Waals surface area contributed by atoms with Gasteiger partial charge in [0.25, 0.3) is 0 Å². The van der Waals surface area contributed by atoms with Crippen molar-refractivity contribution < 1.29 is 0 Å². The number of nitrogens with zero attached hydrogens (tertiary/aromatic N) is 6. The van der Waals surface area contributed by atoms with Crippen molar-refractivity contribution in [2.45, 2.75) is 32.2 Å². The van der Waals surface area contributed by atoms with Crippen LogP contribution in [0.3, 0.4) is 0 Å². The zero-order valence-electron chi connectivity index (χ0n) is 18.0. The zero-order valence-corrected chi connectivity index (χ0v) is 18.0. The second kappa shape index (κ2) is 8.98. The molecule has 31 heavy (non-hydrogen) atoms. The maximum Gasteiger partial charge on any atom is 0.180 e. The predicted molar refractivity (Wildman–Crippen MR) is 123 cm³/mol. The maximum absolute atomic E-state index is 4.88. The summed E-state index contributed by atoms with van der Waals surface area (Å²) in [6, 6.07) is 12.3. The molecule has 160 valence electrons. The van der Waals surface area contributed by atoms with Crippen LogP contribution in [0.15, 0.2) is 48.8 Å². The molecular weight excluding hydrogens is 386 g/mol. The minimum absolute atomic E-state index is 0.303. The average molecular weight is 416 g/mol. The summed E-state index contributed by atoms with van der Waals surface area (Å²) in [5.41, 5.74) is 3.29. The monoisotopic (exact) mass is 415 g/mol. The number of aryl methyl sites for hydroxylation is 1. The molecule has 1 atom stereocenters. The Labute approximate surface area is 183 Å². The Bertz CT molecular complexity index is 1000. The molecule has 0 bridgehead atoms. The number of anilines is 2. The first-order valence-electron chi connectivity index (χ1n) is 11.2. The van der Waals surface area contributed by atoms with Gasteiger partial charge in [0.2, 0.25) is 0 Å². The highest BCUT2D eigenvalue weighted by Gasteiger charge is 2.23. The van der Waals surface area contributed by atoms with Gasteiger partial charge in [0, 0.05) is 62.4 Å². The van der Waals surface area contributed by atoms with Gasteiger partial charge in [0.1, 0.15) is 17.3 Å². The van der Waals surface area contributed by atoms with E-state index < -0.39 is 0 Å². The second-order valence-electron chi connectivity index (χ2n) is 8.41. The number of rotatable bonds is 6. The van der Waals surface area contributed by atoms with E-state index in [-0.39, 0.29) is 0 Å². The Morgan fingerprint density at radius 3 is 2.48 bits per heavy atom. The van der Waals surface area contributed by atoms with Gasteiger partial charge in [-0.3, -0.25) is 9.88 Å². The zero-order chi connectivity index (χ0) is 21.0. The van der Waals surface area contributed by atoms with E-state index in [9.17, 15) is 0 Å². The highest BCUT2D eigenvalue weighted by molar-refractivity contribution is 5.58. The van der Waals surface area contributed by atoms with E-state index in [1.54, 1.807) is 6.20 Å². The molecule has 1 aliphatic carbocycles. The van der Waals surface area contributed by atoms with Crippen LogP contribution in [0.5, 0.6) is 0 Å². The summed E-state index contributed by atoms with van der Waals surface area (Å²) in [6.45, 7) is 7.35. The standard InChI is InChI=1S/C24H29N7/c1-18(17-30-13-15-31(16-14-30)22-10-3-5-12-26-22)27-23-19-7-6-9-20(19)28-24(29-23)21-8-2-4-11-25-21/h2-5,8,10-12,18H,6-7,9,13-17H2,1H3,(H,27,28,29). The highest BCUT2D eigenvalue weighted by Crippen LogP contribution is 2.29. The quantitative estimate of drug-likeness (QED) is 0.663. The SMILES string of the molecule is CC(CN1CCN(c2ccccn2)CC1)Nc1nc(-c2ccccn2)nc2c1CCC2. The van der Waals surface area contributed by atoms with Gasteiger partial charge in [-0.05, 0) is 50.5 Å². The predicted octanol–water partition coefficient (Wildman–Crippen LogP) is 3.04. The molecule has 4 heterocycles. The molecule has 7 nitrogen and oxygen atoms in total. The van der Waals surface area contributed by atoms with Gasteiger partial charge in [0.15, 0.2) is 5.82 Å². The van der Waals surface area contributed by atoms with Gasteiger partial charge in [0.05, 0.1) is 0 Å². The third-order valence-corrected chi connectivity index (χ3v) is 6.09. The normalized spacial score (nSPS) is 17.4. The molecule has 0 spiro atoms. The molecule has 1 fully saturated rings. The van der Waals surface area contributed by atoms with E-state index in [1.165, 1.54) is 11.3 Å². The van der Waals surface area contributed by atoms with Crippen LogP contribution >= 0.6 is 0 Å². The van der Waals surface area contributed by atoms with E-state index in [0.717, 1.165) is 75.1 Å². The molecule has 2 aliphatic rings. The van der Waals surface area contributed by atoms with Gasteiger partial charge in [-0.1, -0.05) is 12.1 Å². The molecule has 0 aromatic carbocycles. The van der Waals surface area contributed by atoms with Crippen LogP contribution < -0.4 is 10.2 Å². The van der Waals surface area contributed by atoms with Crippen molar-refractivity contribution >= 4 is 11.6 Å². The summed E-state index contributed by atoms with van der Waals surface area (Å²) < 4.78 is 0. The fraction of sp³-hybridized carbons (Fsp3) is 0.417. The molecule has 1 unspecified atom stereocenters. The van der Waals surface area contributed by atoms with Crippen LogP contribution in [-0.4, -0.2) is 63.6 Å². The summed E-state index contributed by atoms with van der Waals surface area (Å²) >= 11 is 0. The van der Waals surface area contributed by atoms with Crippen molar-refractivity contribution in [1.29, 1.82) is 0 Å². The average Bonchev–Trinajstić information content (AvgIpc) is 3.30. The fourth-order valence-corrected chi connectivity index (χ4v) is 4.53. The van der Waals surface area contributed by atoms with Crippen molar-refractivity contribution in [2.75, 3.05) is 42.9 Å². The summed E-state index contributed by atoms with van der Waals surface area (Å²) in [7, 11) is 0. The van der Waals surface area contributed by atoms with Gasteiger partial charge in [-0.15, -0.1) is 0 Å². The van der Waals surface area contributed by atoms with Crippen LogP contribution in [0.4, 0.5) is 11.6 Å². The van der Waals surface area contributed by atoms with E-state index in [1.807, 2.05) is 30.5 Å². The molecule has 3 aromatic heterocycles. The summed E-state index contributed by atoms with van der Waals surface area (Å²) in [5, 5.41) is 3.70. The lowest BCUT2D eigenvalue weighted by molar-refractivity contribution is 0.250. The number of hydrogen-bond donors (Lipinski definition) is 1. The first-order chi connectivity index (χ1) is 15.3. The fourth-order valence-electron chi connectivity index (χ4n) is 4.53. The van der Waals surface area contributed by atoms with Gasteiger partial charge in [-0.25, -0.2) is 15.0 Å². The van der Waals surface area contributed by atoms with Crippen LogP contribution in [0.2, 0.25) is 0 Å². The number of nitrogens with one attached hydrogen (secondary N) is 1. The molecule has 1 saturated heterocycles. The first kappa shape index (κ1) is 19.9. The lowest BCUT2D eigenvalue weighted by Crippen LogP contribution is -2.49. The lowest BCUT2D eigenvalue weighted by atomic mass is 10.2. The Kier molecular flexibility index (Phi) is 5.76. The Hall–Kier alpha value is -3.06. The molecule has 3 aromatic rings. The molecule has 1 N–H and O–H groups in total. The molecule has 0 saturated carbocycles. The van der Waals surface area contributed by atoms with Gasteiger partial charge in [-0.2, -0.15) is 0 Å². The van der Waals surface area contributed by atoms with E-state index in [0.29, 0.717) is 6.04 Å². The molecule has 5 rings (SSSR count). The Balaban J connectivity index is 1.24. The van der Waals surface area contributed by atoms with Crippen molar-refractivity contribution in [3.8, 4) is 11.5 Å². The first-order valence-corrected chi connectivity index (χ1v) is 11.2. The number of aromatic nitrogens is 4. The minimum Gasteiger partial charge on any atom is -0.366 e. The topological polar surface area (TPSA) is 70.1 Å². The van der Waals surface area contributed by atoms with Crippen LogP contribution in [0, 0.1) is 0 Å². The van der Waals surface area contributed by atoms with E-state index in [4.69, 9.17) is 9.97 Å². The number of pyridine rings is 2.